The van der Waals surface area contributed by atoms with Crippen LogP contribution in [-0.2, 0) is 21.4 Å². The molecule has 9 heteroatoms. The number of carbonyl (C=O) groups excluding carboxylic acids is 2. The number of sulfonamides is 1. The molecule has 176 valence electrons. The van der Waals surface area contributed by atoms with E-state index in [1.54, 1.807) is 11.1 Å². The van der Waals surface area contributed by atoms with Crippen LogP contribution in [0.25, 0.3) is 0 Å². The third kappa shape index (κ3) is 4.87. The highest BCUT2D eigenvalue weighted by molar-refractivity contribution is 7.89. The minimum Gasteiger partial charge on any atom is -0.313 e. The second-order valence-electron chi connectivity index (χ2n) is 8.91. The zero-order valence-electron chi connectivity index (χ0n) is 18.7. The molecule has 4 rings (SSSR count). The molecule has 0 radical (unpaired) electrons. The van der Waals surface area contributed by atoms with Gasteiger partial charge in [0.15, 0.2) is 0 Å². The smallest absolute Gasteiger partial charge is 0.257 e. The van der Waals surface area contributed by atoms with Gasteiger partial charge in [0.1, 0.15) is 0 Å². The highest BCUT2D eigenvalue weighted by atomic mass is 35.5. The highest BCUT2D eigenvalue weighted by Crippen LogP contribution is 2.42. The molecule has 3 aliphatic rings. The summed E-state index contributed by atoms with van der Waals surface area (Å²) in [5.41, 5.74) is 2.19. The summed E-state index contributed by atoms with van der Waals surface area (Å²) in [7, 11) is -3.72. The normalized spacial score (nSPS) is 23.7. The second kappa shape index (κ2) is 9.93. The molecule has 2 saturated heterocycles. The van der Waals surface area contributed by atoms with E-state index in [0.717, 1.165) is 36.6 Å². The lowest BCUT2D eigenvalue weighted by Gasteiger charge is -2.26. The van der Waals surface area contributed by atoms with Crippen LogP contribution in [0.3, 0.4) is 0 Å². The number of fused-ring (bicyclic) bond motifs is 1. The number of rotatable bonds is 6. The number of nitrogens with zero attached hydrogens (tertiary/aromatic N) is 3. The molecule has 32 heavy (non-hydrogen) atoms. The quantitative estimate of drug-likeness (QED) is 0.623. The Kier molecular flexibility index (Phi) is 7.68. The van der Waals surface area contributed by atoms with Crippen LogP contribution in [-0.4, -0.2) is 60.2 Å². The molecular formula is C23H32ClN3O4S. The van der Waals surface area contributed by atoms with Gasteiger partial charge in [-0.25, -0.2) is 12.7 Å². The molecule has 2 fully saturated rings. The summed E-state index contributed by atoms with van der Waals surface area (Å²) >= 11 is 0. The Labute approximate surface area is 196 Å². The number of benzene rings is 1. The lowest BCUT2D eigenvalue weighted by Crippen LogP contribution is -2.34. The maximum atomic E-state index is 13.1. The zero-order valence-corrected chi connectivity index (χ0v) is 20.3. The van der Waals surface area contributed by atoms with Gasteiger partial charge in [-0.2, -0.15) is 0 Å². The summed E-state index contributed by atoms with van der Waals surface area (Å²) in [6.07, 6.45) is 7.79. The van der Waals surface area contributed by atoms with E-state index in [1.165, 1.54) is 24.8 Å². The van der Waals surface area contributed by atoms with Crippen LogP contribution in [0.1, 0.15) is 54.9 Å². The van der Waals surface area contributed by atoms with Crippen LogP contribution in [0, 0.1) is 11.8 Å². The van der Waals surface area contributed by atoms with Crippen LogP contribution in [0.5, 0.6) is 0 Å². The first-order chi connectivity index (χ1) is 14.8. The standard InChI is InChI=1S/C23H31N3O4S.ClH/c1-3-7-19-20-15-25(16-21(20)26(23(19)28)31(2,29)30)22(27)18-10-8-17(9-11-18)14-24-12-5-4-6-13-24;/h8-11,16,19-20H,3-7,12-15H2,1-2H3;1H/t19-,20-;/m1./s1. The molecule has 1 aromatic carbocycles. The Morgan fingerprint density at radius 2 is 1.75 bits per heavy atom. The van der Waals surface area contributed by atoms with Crippen molar-refractivity contribution in [2.75, 3.05) is 25.9 Å². The van der Waals surface area contributed by atoms with Crippen molar-refractivity contribution in [3.63, 3.8) is 0 Å². The molecule has 0 bridgehead atoms. The van der Waals surface area contributed by atoms with Crippen molar-refractivity contribution in [2.45, 2.75) is 45.6 Å². The molecule has 3 aliphatic heterocycles. The Morgan fingerprint density at radius 1 is 1.09 bits per heavy atom. The summed E-state index contributed by atoms with van der Waals surface area (Å²) in [6.45, 7) is 5.46. The maximum Gasteiger partial charge on any atom is 0.257 e. The molecular weight excluding hydrogens is 450 g/mol. The van der Waals surface area contributed by atoms with E-state index in [4.69, 9.17) is 0 Å². The SMILES string of the molecule is CCC[C@H]1C(=O)N(S(C)(=O)=O)C2=CN(C(=O)c3ccc(CN4CCCCC4)cc3)C[C@@H]21.Cl. The number of hydrogen-bond acceptors (Lipinski definition) is 5. The molecule has 0 aliphatic carbocycles. The van der Waals surface area contributed by atoms with Crippen molar-refractivity contribution in [1.82, 2.24) is 14.1 Å². The van der Waals surface area contributed by atoms with Gasteiger partial charge in [-0.15, -0.1) is 12.4 Å². The monoisotopic (exact) mass is 481 g/mol. The second-order valence-corrected chi connectivity index (χ2v) is 10.7. The Bertz CT molecular complexity index is 987. The number of piperidine rings is 1. The molecule has 0 unspecified atom stereocenters. The van der Waals surface area contributed by atoms with Crippen LogP contribution >= 0.6 is 12.4 Å². The average Bonchev–Trinajstić information content (AvgIpc) is 3.26. The van der Waals surface area contributed by atoms with Crippen LogP contribution in [0.2, 0.25) is 0 Å². The maximum absolute atomic E-state index is 13.1. The number of carbonyl (C=O) groups is 2. The summed E-state index contributed by atoms with van der Waals surface area (Å²) in [5.74, 6) is -1.18. The molecule has 2 amide bonds. The molecule has 2 atom stereocenters. The van der Waals surface area contributed by atoms with Crippen molar-refractivity contribution < 1.29 is 18.0 Å². The minimum atomic E-state index is -3.72. The summed E-state index contributed by atoms with van der Waals surface area (Å²) in [5, 5.41) is 0. The van der Waals surface area contributed by atoms with E-state index in [1.807, 2.05) is 31.2 Å². The van der Waals surface area contributed by atoms with Gasteiger partial charge in [0.05, 0.1) is 12.0 Å². The summed E-state index contributed by atoms with van der Waals surface area (Å²) in [4.78, 5) is 29.8. The molecule has 0 N–H and O–H groups in total. The van der Waals surface area contributed by atoms with Crippen molar-refractivity contribution in [2.24, 2.45) is 11.8 Å². The molecule has 7 nitrogen and oxygen atoms in total. The van der Waals surface area contributed by atoms with Crippen molar-refractivity contribution in [3.05, 3.63) is 47.3 Å². The van der Waals surface area contributed by atoms with E-state index in [0.29, 0.717) is 24.2 Å². The lowest BCUT2D eigenvalue weighted by molar-refractivity contribution is -0.127. The number of halogens is 1. The van der Waals surface area contributed by atoms with E-state index >= 15 is 0 Å². The van der Waals surface area contributed by atoms with Crippen LogP contribution in [0.15, 0.2) is 36.2 Å². The Balaban J connectivity index is 0.00000289. The fourth-order valence-electron chi connectivity index (χ4n) is 5.03. The summed E-state index contributed by atoms with van der Waals surface area (Å²) < 4.78 is 25.4. The first-order valence-electron chi connectivity index (χ1n) is 11.2. The van der Waals surface area contributed by atoms with Gasteiger partial charge in [0, 0.05) is 36.7 Å². The van der Waals surface area contributed by atoms with Crippen molar-refractivity contribution >= 4 is 34.2 Å². The Morgan fingerprint density at radius 3 is 2.34 bits per heavy atom. The van der Waals surface area contributed by atoms with Gasteiger partial charge < -0.3 is 4.90 Å². The van der Waals surface area contributed by atoms with E-state index < -0.39 is 15.9 Å². The minimum absolute atomic E-state index is 0. The summed E-state index contributed by atoms with van der Waals surface area (Å²) in [6, 6.07) is 7.69. The predicted octanol–water partition coefficient (Wildman–Crippen LogP) is 3.23. The lowest BCUT2D eigenvalue weighted by atomic mass is 9.91. The van der Waals surface area contributed by atoms with Crippen LogP contribution < -0.4 is 0 Å². The third-order valence-electron chi connectivity index (χ3n) is 6.55. The topological polar surface area (TPSA) is 78.0 Å². The van der Waals surface area contributed by atoms with Gasteiger partial charge in [0.2, 0.25) is 15.9 Å². The molecule has 0 aromatic heterocycles. The third-order valence-corrected chi connectivity index (χ3v) is 7.60. The largest absolute Gasteiger partial charge is 0.313 e. The first kappa shape index (κ1) is 24.7. The van der Waals surface area contributed by atoms with Crippen molar-refractivity contribution in [3.8, 4) is 0 Å². The van der Waals surface area contributed by atoms with Gasteiger partial charge >= 0.3 is 0 Å². The molecule has 0 spiro atoms. The molecule has 1 aromatic rings. The predicted molar refractivity (Wildman–Crippen MR) is 126 cm³/mol. The average molecular weight is 482 g/mol. The van der Waals surface area contributed by atoms with Crippen molar-refractivity contribution in [1.29, 1.82) is 0 Å². The van der Waals surface area contributed by atoms with Crippen LogP contribution in [0.4, 0.5) is 0 Å². The van der Waals surface area contributed by atoms with E-state index in [2.05, 4.69) is 4.90 Å². The van der Waals surface area contributed by atoms with Gasteiger partial charge in [-0.1, -0.05) is 31.9 Å². The molecule has 3 heterocycles. The highest BCUT2D eigenvalue weighted by Gasteiger charge is 2.51. The number of hydrogen-bond donors (Lipinski definition) is 0. The van der Waals surface area contributed by atoms with E-state index in [9.17, 15) is 18.0 Å². The number of amides is 2. The van der Waals surface area contributed by atoms with Gasteiger partial charge in [-0.05, 0) is 50.0 Å². The van der Waals surface area contributed by atoms with Gasteiger partial charge in [-0.3, -0.25) is 14.5 Å². The molecule has 0 saturated carbocycles. The fraction of sp³-hybridized carbons (Fsp3) is 0.565. The van der Waals surface area contributed by atoms with Gasteiger partial charge in [0.25, 0.3) is 5.91 Å². The number of likely N-dealkylation sites (tertiary alicyclic amines) is 1. The van der Waals surface area contributed by atoms with E-state index in [-0.39, 0.29) is 30.1 Å². The fourth-order valence-corrected chi connectivity index (χ4v) is 6.05. The zero-order chi connectivity index (χ0) is 22.2. The first-order valence-corrected chi connectivity index (χ1v) is 13.0. The Hall–Kier alpha value is -1.90.